The van der Waals surface area contributed by atoms with E-state index in [9.17, 15) is 39.3 Å². The number of benzene rings is 1. The van der Waals surface area contributed by atoms with E-state index in [-0.39, 0.29) is 18.3 Å². The maximum atomic E-state index is 13.7. The fourth-order valence-corrected chi connectivity index (χ4v) is 6.86. The third kappa shape index (κ3) is 8.35. The van der Waals surface area contributed by atoms with Gasteiger partial charge in [0, 0.05) is 25.3 Å². The molecule has 282 valence electrons. The van der Waals surface area contributed by atoms with E-state index < -0.39 is 77.7 Å². The van der Waals surface area contributed by atoms with Crippen LogP contribution in [-0.2, 0) is 58.8 Å². The summed E-state index contributed by atoms with van der Waals surface area (Å²) in [6, 6.07) is 9.41. The van der Waals surface area contributed by atoms with Crippen molar-refractivity contribution in [2.45, 2.75) is 108 Å². The third-order valence-corrected chi connectivity index (χ3v) is 9.63. The summed E-state index contributed by atoms with van der Waals surface area (Å²) >= 11 is 0. The molecule has 10 unspecified atom stereocenters. The summed E-state index contributed by atoms with van der Waals surface area (Å²) in [7, 11) is 1.68. The molecule has 2 heterocycles. The van der Waals surface area contributed by atoms with Gasteiger partial charge in [-0.3, -0.25) is 4.79 Å². The van der Waals surface area contributed by atoms with Gasteiger partial charge in [-0.2, -0.15) is 0 Å². The SMILES string of the molecule is C=C(CCC12OC(C(=O)O)C(O)(C(=O)OC)C(C(=O)OC)(O1)C(OC(=O)/C=C/C(C)CC(C)CC)C2O)C(OC(C)=O)C(C)Cc1ccccc1. The highest BCUT2D eigenvalue weighted by atomic mass is 16.8. The van der Waals surface area contributed by atoms with E-state index in [2.05, 4.69) is 6.58 Å². The summed E-state index contributed by atoms with van der Waals surface area (Å²) in [6.45, 7) is 13.1. The van der Waals surface area contributed by atoms with Gasteiger partial charge in [0.05, 0.1) is 14.2 Å². The number of carbonyl (C=O) groups is 5. The number of rotatable bonds is 17. The smallest absolute Gasteiger partial charge is 0.346 e. The largest absolute Gasteiger partial charge is 0.479 e. The second-order valence-corrected chi connectivity index (χ2v) is 13.5. The van der Waals surface area contributed by atoms with Crippen LogP contribution in [-0.4, -0.2) is 101 Å². The number of esters is 4. The van der Waals surface area contributed by atoms with E-state index >= 15 is 0 Å². The maximum absolute atomic E-state index is 13.7. The average Bonchev–Trinajstić information content (AvgIpc) is 3.31. The van der Waals surface area contributed by atoms with Crippen LogP contribution in [0.1, 0.15) is 65.9 Å². The Morgan fingerprint density at radius 2 is 1.67 bits per heavy atom. The maximum Gasteiger partial charge on any atom is 0.346 e. The number of carbonyl (C=O) groups excluding carboxylic acids is 4. The lowest BCUT2D eigenvalue weighted by Gasteiger charge is -2.49. The Labute approximate surface area is 297 Å². The molecule has 0 saturated carbocycles. The number of carboxylic acid groups (broad SMARTS) is 1. The van der Waals surface area contributed by atoms with Crippen LogP contribution in [0.5, 0.6) is 0 Å². The average molecular weight is 719 g/mol. The lowest BCUT2D eigenvalue weighted by Crippen LogP contribution is -2.78. The van der Waals surface area contributed by atoms with E-state index in [4.69, 9.17) is 28.4 Å². The standard InChI is InChI=1S/C37H50O14/c1-9-21(2)19-22(3)15-16-27(39)49-30-29(40)35(18-17-23(4)28(48-25(6)38)24(5)20-26-13-11-10-12-14-26)50-31(32(41)42)36(45,33(43)46-7)37(30,51-35)34(44)47-8/h10-16,21-22,24,28-31,40,45H,4,9,17-20H2,1-3,5-8H3,(H,41,42)/b16-15+. The molecule has 3 rings (SSSR count). The number of aliphatic hydroxyl groups excluding tert-OH is 1. The van der Waals surface area contributed by atoms with Crippen molar-refractivity contribution in [3.8, 4) is 0 Å². The number of aliphatic carboxylic acids is 1. The van der Waals surface area contributed by atoms with Crippen molar-refractivity contribution in [3.05, 3.63) is 60.2 Å². The summed E-state index contributed by atoms with van der Waals surface area (Å²) in [4.78, 5) is 65.1. The number of carboxylic acids is 1. The van der Waals surface area contributed by atoms with E-state index in [1.54, 1.807) is 6.08 Å². The van der Waals surface area contributed by atoms with Gasteiger partial charge in [0.1, 0.15) is 12.2 Å². The first-order valence-electron chi connectivity index (χ1n) is 16.9. The van der Waals surface area contributed by atoms with Crippen LogP contribution >= 0.6 is 0 Å². The highest BCUT2D eigenvalue weighted by Gasteiger charge is 2.86. The van der Waals surface area contributed by atoms with Crippen molar-refractivity contribution < 1.29 is 67.7 Å². The van der Waals surface area contributed by atoms with E-state index in [1.807, 2.05) is 58.0 Å². The molecule has 10 atom stereocenters. The molecule has 2 aliphatic heterocycles. The normalized spacial score (nSPS) is 29.3. The number of hydrogen-bond donors (Lipinski definition) is 3. The lowest BCUT2D eigenvalue weighted by atomic mass is 9.74. The van der Waals surface area contributed by atoms with Gasteiger partial charge in [0.25, 0.3) is 5.60 Å². The summed E-state index contributed by atoms with van der Waals surface area (Å²) < 4.78 is 32.6. The monoisotopic (exact) mass is 718 g/mol. The predicted molar refractivity (Wildman–Crippen MR) is 180 cm³/mol. The molecule has 14 heteroatoms. The molecule has 51 heavy (non-hydrogen) atoms. The first-order valence-corrected chi connectivity index (χ1v) is 16.9. The van der Waals surface area contributed by atoms with Crippen molar-refractivity contribution in [2.75, 3.05) is 14.2 Å². The first kappa shape index (κ1) is 41.3. The summed E-state index contributed by atoms with van der Waals surface area (Å²) in [5, 5.41) is 34.1. The second-order valence-electron chi connectivity index (χ2n) is 13.5. The van der Waals surface area contributed by atoms with Gasteiger partial charge in [0.2, 0.25) is 17.5 Å². The van der Waals surface area contributed by atoms with Crippen molar-refractivity contribution in [1.82, 2.24) is 0 Å². The molecule has 0 radical (unpaired) electrons. The number of fused-ring (bicyclic) bond motifs is 2. The Bertz CT molecular complexity index is 1470. The molecule has 2 fully saturated rings. The van der Waals surface area contributed by atoms with E-state index in [1.165, 1.54) is 6.92 Å². The molecule has 0 aliphatic carbocycles. The lowest BCUT2D eigenvalue weighted by molar-refractivity contribution is -0.374. The molecule has 0 amide bonds. The van der Waals surface area contributed by atoms with Gasteiger partial charge in [-0.15, -0.1) is 0 Å². The van der Waals surface area contributed by atoms with Gasteiger partial charge < -0.3 is 43.7 Å². The number of ether oxygens (including phenoxy) is 6. The molecular weight excluding hydrogens is 668 g/mol. The Hall–Kier alpha value is -4.11. The van der Waals surface area contributed by atoms with Crippen molar-refractivity contribution in [1.29, 1.82) is 0 Å². The van der Waals surface area contributed by atoms with Gasteiger partial charge in [-0.05, 0) is 42.2 Å². The van der Waals surface area contributed by atoms with Crippen LogP contribution in [0.15, 0.2) is 54.6 Å². The number of hydrogen-bond acceptors (Lipinski definition) is 13. The fourth-order valence-electron chi connectivity index (χ4n) is 6.86. The van der Waals surface area contributed by atoms with Crippen LogP contribution in [0.3, 0.4) is 0 Å². The summed E-state index contributed by atoms with van der Waals surface area (Å²) in [6.07, 6.45) is -3.79. The molecule has 1 aromatic carbocycles. The zero-order chi connectivity index (χ0) is 38.3. The quantitative estimate of drug-likeness (QED) is 0.0918. The highest BCUT2D eigenvalue weighted by molar-refractivity contribution is 5.99. The molecule has 2 aliphatic rings. The third-order valence-electron chi connectivity index (χ3n) is 9.63. The molecule has 3 N–H and O–H groups in total. The number of allylic oxidation sites excluding steroid dienone is 1. The Morgan fingerprint density at radius 3 is 2.22 bits per heavy atom. The topological polar surface area (TPSA) is 201 Å². The summed E-state index contributed by atoms with van der Waals surface area (Å²) in [5.74, 6) is -9.43. The van der Waals surface area contributed by atoms with Crippen LogP contribution in [0.2, 0.25) is 0 Å². The molecular formula is C37H50O14. The molecule has 2 saturated heterocycles. The molecule has 2 bridgehead atoms. The molecule has 14 nitrogen and oxygen atoms in total. The Morgan fingerprint density at radius 1 is 1.04 bits per heavy atom. The van der Waals surface area contributed by atoms with Gasteiger partial charge in [-0.1, -0.05) is 77.1 Å². The Balaban J connectivity index is 2.08. The molecule has 0 spiro atoms. The predicted octanol–water partition coefficient (Wildman–Crippen LogP) is 3.06. The molecule has 0 aromatic heterocycles. The van der Waals surface area contributed by atoms with Crippen molar-refractivity contribution in [3.63, 3.8) is 0 Å². The second kappa shape index (κ2) is 16.9. The van der Waals surface area contributed by atoms with Gasteiger partial charge >= 0.3 is 29.8 Å². The molecule has 1 aromatic rings. The summed E-state index contributed by atoms with van der Waals surface area (Å²) in [5.41, 5.74) is -5.47. The van der Waals surface area contributed by atoms with Crippen LogP contribution in [0, 0.1) is 17.8 Å². The van der Waals surface area contributed by atoms with E-state index in [0.29, 0.717) is 17.9 Å². The minimum Gasteiger partial charge on any atom is -0.479 e. The van der Waals surface area contributed by atoms with E-state index in [0.717, 1.165) is 38.7 Å². The number of aliphatic hydroxyl groups is 2. The Kier molecular flexibility index (Phi) is 13.7. The fraction of sp³-hybridized carbons (Fsp3) is 0.595. The zero-order valence-corrected chi connectivity index (χ0v) is 30.2. The zero-order valence-electron chi connectivity index (χ0n) is 30.2. The number of methoxy groups -OCH3 is 2. The van der Waals surface area contributed by atoms with Crippen LogP contribution < -0.4 is 0 Å². The minimum atomic E-state index is -3.54. The van der Waals surface area contributed by atoms with Crippen LogP contribution in [0.25, 0.3) is 0 Å². The van der Waals surface area contributed by atoms with Gasteiger partial charge in [-0.25, -0.2) is 19.2 Å². The van der Waals surface area contributed by atoms with Crippen molar-refractivity contribution in [2.24, 2.45) is 17.8 Å². The van der Waals surface area contributed by atoms with Crippen LogP contribution in [0.4, 0.5) is 0 Å². The first-order chi connectivity index (χ1) is 23.9. The minimum absolute atomic E-state index is 0.0791. The van der Waals surface area contributed by atoms with Gasteiger partial charge in [0.15, 0.2) is 6.10 Å². The van der Waals surface area contributed by atoms with Crippen molar-refractivity contribution >= 4 is 29.8 Å². The highest BCUT2D eigenvalue weighted by Crippen LogP contribution is 2.56.